The zero-order chi connectivity index (χ0) is 26.1. The van der Waals surface area contributed by atoms with E-state index >= 15 is 0 Å². The lowest BCUT2D eigenvalue weighted by atomic mass is 10.1. The second-order valence-electron chi connectivity index (χ2n) is 7.86. The maximum absolute atomic E-state index is 12.5. The summed E-state index contributed by atoms with van der Waals surface area (Å²) in [4.78, 5) is 24.9. The number of nitrogens with one attached hydrogen (secondary N) is 2. The van der Waals surface area contributed by atoms with E-state index in [1.807, 2.05) is 45.0 Å². The van der Waals surface area contributed by atoms with Crippen LogP contribution in [-0.4, -0.2) is 25.0 Å². The van der Waals surface area contributed by atoms with Crippen molar-refractivity contribution in [3.8, 4) is 17.6 Å². The number of aryl methyl sites for hydroxylation is 1. The summed E-state index contributed by atoms with van der Waals surface area (Å²) in [6.07, 6.45) is 1.42. The van der Waals surface area contributed by atoms with Crippen LogP contribution in [0.1, 0.15) is 23.6 Å². The smallest absolute Gasteiger partial charge is 0.266 e. The highest BCUT2D eigenvalue weighted by Crippen LogP contribution is 2.27. The molecule has 184 valence electrons. The molecule has 0 saturated carbocycles. The molecule has 3 aromatic rings. The highest BCUT2D eigenvalue weighted by molar-refractivity contribution is 6.32. The Morgan fingerprint density at radius 2 is 1.78 bits per heavy atom. The van der Waals surface area contributed by atoms with Crippen molar-refractivity contribution in [3.05, 3.63) is 87.9 Å². The molecule has 0 aromatic heterocycles. The number of benzene rings is 3. The number of carbonyl (C=O) groups is 2. The highest BCUT2D eigenvalue weighted by Gasteiger charge is 2.12. The minimum absolute atomic E-state index is 0.0958. The predicted molar refractivity (Wildman–Crippen MR) is 141 cm³/mol. The van der Waals surface area contributed by atoms with Gasteiger partial charge in [0.25, 0.3) is 11.8 Å². The zero-order valence-electron chi connectivity index (χ0n) is 20.2. The van der Waals surface area contributed by atoms with Gasteiger partial charge in [0.2, 0.25) is 0 Å². The number of amides is 2. The lowest BCUT2D eigenvalue weighted by Crippen LogP contribution is -2.20. The van der Waals surface area contributed by atoms with Crippen LogP contribution in [0, 0.1) is 25.2 Å². The van der Waals surface area contributed by atoms with Gasteiger partial charge in [0, 0.05) is 11.4 Å². The Labute approximate surface area is 215 Å². The normalized spacial score (nSPS) is 10.8. The molecule has 3 aromatic carbocycles. The van der Waals surface area contributed by atoms with Crippen LogP contribution in [-0.2, 0) is 9.59 Å². The van der Waals surface area contributed by atoms with Crippen LogP contribution < -0.4 is 20.1 Å². The molecule has 36 heavy (non-hydrogen) atoms. The Kier molecular flexibility index (Phi) is 9.09. The van der Waals surface area contributed by atoms with Gasteiger partial charge in [-0.2, -0.15) is 5.26 Å². The maximum Gasteiger partial charge on any atom is 0.266 e. The van der Waals surface area contributed by atoms with Crippen molar-refractivity contribution < 1.29 is 19.1 Å². The summed E-state index contributed by atoms with van der Waals surface area (Å²) in [5, 5.41) is 15.2. The Morgan fingerprint density at radius 3 is 2.44 bits per heavy atom. The van der Waals surface area contributed by atoms with E-state index < -0.39 is 5.91 Å². The average molecular weight is 504 g/mol. The van der Waals surface area contributed by atoms with Gasteiger partial charge in [-0.3, -0.25) is 9.59 Å². The van der Waals surface area contributed by atoms with Crippen molar-refractivity contribution in [2.75, 3.05) is 23.8 Å². The number of nitrogens with zero attached hydrogens (tertiary/aromatic N) is 1. The first kappa shape index (κ1) is 26.3. The van der Waals surface area contributed by atoms with E-state index in [-0.39, 0.29) is 23.1 Å². The van der Waals surface area contributed by atoms with Crippen LogP contribution in [0.25, 0.3) is 6.08 Å². The third-order valence-electron chi connectivity index (χ3n) is 5.29. The molecule has 2 N–H and O–H groups in total. The average Bonchev–Trinajstić information content (AvgIpc) is 2.86. The second kappa shape index (κ2) is 12.4. The SMILES string of the molecule is CCOc1ccc(NC(=O)/C(C#N)=C/c2ccc(OCC(=O)Nc3cccc(C)c3C)c(Cl)c2)cc1. The van der Waals surface area contributed by atoms with Gasteiger partial charge in [0.1, 0.15) is 23.1 Å². The summed E-state index contributed by atoms with van der Waals surface area (Å²) >= 11 is 6.31. The fourth-order valence-corrected chi connectivity index (χ4v) is 3.50. The maximum atomic E-state index is 12.5. The van der Waals surface area contributed by atoms with Crippen LogP contribution in [0.4, 0.5) is 11.4 Å². The molecule has 0 radical (unpaired) electrons. The minimum Gasteiger partial charge on any atom is -0.494 e. The third kappa shape index (κ3) is 7.11. The van der Waals surface area contributed by atoms with Gasteiger partial charge in [-0.25, -0.2) is 0 Å². The summed E-state index contributed by atoms with van der Waals surface area (Å²) in [6, 6.07) is 19.2. The van der Waals surface area contributed by atoms with Crippen LogP contribution in [0.5, 0.6) is 11.5 Å². The number of ether oxygens (including phenoxy) is 2. The molecule has 0 aliphatic carbocycles. The molecular formula is C28H26ClN3O4. The Hall–Kier alpha value is -4.28. The highest BCUT2D eigenvalue weighted by atomic mass is 35.5. The van der Waals surface area contributed by atoms with E-state index in [0.29, 0.717) is 29.4 Å². The molecule has 8 heteroatoms. The third-order valence-corrected chi connectivity index (χ3v) is 5.59. The first-order chi connectivity index (χ1) is 17.3. The van der Waals surface area contributed by atoms with Gasteiger partial charge in [-0.05, 0) is 86.0 Å². The Bertz CT molecular complexity index is 1330. The van der Waals surface area contributed by atoms with E-state index in [1.54, 1.807) is 42.5 Å². The van der Waals surface area contributed by atoms with Crippen molar-refractivity contribution in [1.29, 1.82) is 5.26 Å². The quantitative estimate of drug-likeness (QED) is 0.279. The number of hydrogen-bond donors (Lipinski definition) is 2. The summed E-state index contributed by atoms with van der Waals surface area (Å²) < 4.78 is 10.9. The molecule has 0 unspecified atom stereocenters. The Balaban J connectivity index is 1.62. The van der Waals surface area contributed by atoms with E-state index in [0.717, 1.165) is 16.8 Å². The summed E-state index contributed by atoms with van der Waals surface area (Å²) in [7, 11) is 0. The molecule has 0 heterocycles. The molecule has 3 rings (SSSR count). The first-order valence-corrected chi connectivity index (χ1v) is 11.6. The molecule has 0 saturated heterocycles. The second-order valence-corrected chi connectivity index (χ2v) is 8.26. The number of hydrogen-bond acceptors (Lipinski definition) is 5. The molecule has 0 bridgehead atoms. The number of nitriles is 1. The number of halogens is 1. The molecule has 0 spiro atoms. The van der Waals surface area contributed by atoms with Gasteiger partial charge >= 0.3 is 0 Å². The van der Waals surface area contributed by atoms with Crippen molar-refractivity contribution >= 4 is 40.9 Å². The van der Waals surface area contributed by atoms with Gasteiger partial charge in [0.05, 0.1) is 11.6 Å². The van der Waals surface area contributed by atoms with Crippen LogP contribution in [0.15, 0.2) is 66.2 Å². The molecule has 0 atom stereocenters. The van der Waals surface area contributed by atoms with Gasteiger partial charge in [-0.1, -0.05) is 29.8 Å². The molecule has 7 nitrogen and oxygen atoms in total. The molecule has 0 aliphatic heterocycles. The molecule has 0 fully saturated rings. The fourth-order valence-electron chi connectivity index (χ4n) is 3.25. The van der Waals surface area contributed by atoms with Crippen LogP contribution >= 0.6 is 11.6 Å². The lowest BCUT2D eigenvalue weighted by Gasteiger charge is -2.12. The van der Waals surface area contributed by atoms with E-state index in [9.17, 15) is 14.9 Å². The van der Waals surface area contributed by atoms with Crippen molar-refractivity contribution in [3.63, 3.8) is 0 Å². The molecule has 0 aliphatic rings. The monoisotopic (exact) mass is 503 g/mol. The van der Waals surface area contributed by atoms with Gasteiger partial charge < -0.3 is 20.1 Å². The predicted octanol–water partition coefficient (Wildman–Crippen LogP) is 5.92. The van der Waals surface area contributed by atoms with Gasteiger partial charge in [0.15, 0.2) is 6.61 Å². The number of carbonyl (C=O) groups excluding carboxylic acids is 2. The Morgan fingerprint density at radius 1 is 1.03 bits per heavy atom. The number of rotatable bonds is 9. The summed E-state index contributed by atoms with van der Waals surface area (Å²) in [5.74, 6) is 0.122. The minimum atomic E-state index is -0.554. The van der Waals surface area contributed by atoms with E-state index in [2.05, 4.69) is 10.6 Å². The van der Waals surface area contributed by atoms with E-state index in [4.69, 9.17) is 21.1 Å². The van der Waals surface area contributed by atoms with E-state index in [1.165, 1.54) is 6.08 Å². The summed E-state index contributed by atoms with van der Waals surface area (Å²) in [6.45, 7) is 6.10. The van der Waals surface area contributed by atoms with Crippen molar-refractivity contribution in [2.45, 2.75) is 20.8 Å². The zero-order valence-corrected chi connectivity index (χ0v) is 21.0. The molecule has 2 amide bonds. The van der Waals surface area contributed by atoms with Crippen molar-refractivity contribution in [1.82, 2.24) is 0 Å². The van der Waals surface area contributed by atoms with Crippen LogP contribution in [0.3, 0.4) is 0 Å². The lowest BCUT2D eigenvalue weighted by molar-refractivity contribution is -0.118. The van der Waals surface area contributed by atoms with Gasteiger partial charge in [-0.15, -0.1) is 0 Å². The number of anilines is 2. The van der Waals surface area contributed by atoms with Crippen molar-refractivity contribution in [2.24, 2.45) is 0 Å². The fraction of sp³-hybridized carbons (Fsp3) is 0.179. The largest absolute Gasteiger partial charge is 0.494 e. The van der Waals surface area contributed by atoms with Crippen LogP contribution in [0.2, 0.25) is 5.02 Å². The molecular weight excluding hydrogens is 478 g/mol. The first-order valence-electron chi connectivity index (χ1n) is 11.2. The summed E-state index contributed by atoms with van der Waals surface area (Å²) in [5.41, 5.74) is 3.76. The standard InChI is InChI=1S/C28H26ClN3O4/c1-4-35-23-11-9-22(10-12-23)31-28(34)21(16-30)14-20-8-13-26(24(29)15-20)36-17-27(33)32-25-7-5-6-18(2)19(25)3/h5-15H,4,17H2,1-3H3,(H,31,34)(H,32,33)/b21-14+. The topological polar surface area (TPSA) is 100 Å².